The van der Waals surface area contributed by atoms with Crippen molar-refractivity contribution in [3.8, 4) is 5.75 Å². The minimum atomic E-state index is -0.453. The van der Waals surface area contributed by atoms with Crippen molar-refractivity contribution in [2.75, 3.05) is 20.3 Å². The predicted octanol–water partition coefficient (Wildman–Crippen LogP) is 4.17. The summed E-state index contributed by atoms with van der Waals surface area (Å²) in [5.41, 5.74) is 2.77. The number of rotatable bonds is 6. The van der Waals surface area contributed by atoms with Gasteiger partial charge in [-0.2, -0.15) is 0 Å². The van der Waals surface area contributed by atoms with E-state index in [0.29, 0.717) is 22.4 Å². The van der Waals surface area contributed by atoms with Crippen molar-refractivity contribution >= 4 is 40.6 Å². The number of methoxy groups -OCH3 is 1. The summed E-state index contributed by atoms with van der Waals surface area (Å²) in [6.45, 7) is 4.32. The molecular formula is C22H22N2O4S. The Balaban J connectivity index is 1.81. The molecule has 150 valence electrons. The molecule has 6 nitrogen and oxygen atoms in total. The van der Waals surface area contributed by atoms with E-state index in [2.05, 4.69) is 9.73 Å². The van der Waals surface area contributed by atoms with E-state index in [-0.39, 0.29) is 12.5 Å². The monoisotopic (exact) mass is 410 g/mol. The first kappa shape index (κ1) is 20.7. The lowest BCUT2D eigenvalue weighted by atomic mass is 10.2. The average Bonchev–Trinajstić information content (AvgIpc) is 3.02. The Morgan fingerprint density at radius 2 is 1.97 bits per heavy atom. The van der Waals surface area contributed by atoms with Crippen molar-refractivity contribution in [2.24, 2.45) is 4.99 Å². The number of hydrogen-bond donors (Lipinski definition) is 0. The predicted molar refractivity (Wildman–Crippen MR) is 115 cm³/mol. The maximum absolute atomic E-state index is 12.8. The van der Waals surface area contributed by atoms with Gasteiger partial charge in [0, 0.05) is 6.54 Å². The molecule has 0 aliphatic carbocycles. The fourth-order valence-corrected chi connectivity index (χ4v) is 3.71. The fraction of sp³-hybridized carbons (Fsp3) is 0.227. The van der Waals surface area contributed by atoms with Crippen LogP contribution in [0.5, 0.6) is 5.75 Å². The van der Waals surface area contributed by atoms with Gasteiger partial charge in [0.2, 0.25) is 0 Å². The van der Waals surface area contributed by atoms with Gasteiger partial charge in [-0.25, -0.2) is 9.79 Å². The van der Waals surface area contributed by atoms with Gasteiger partial charge in [-0.05, 0) is 61.5 Å². The zero-order chi connectivity index (χ0) is 20.8. The molecule has 0 unspecified atom stereocenters. The second kappa shape index (κ2) is 9.43. The summed E-state index contributed by atoms with van der Waals surface area (Å²) < 4.78 is 9.99. The van der Waals surface area contributed by atoms with E-state index < -0.39 is 5.97 Å². The van der Waals surface area contributed by atoms with E-state index >= 15 is 0 Å². The van der Waals surface area contributed by atoms with Gasteiger partial charge in [-0.15, -0.1) is 0 Å². The summed E-state index contributed by atoms with van der Waals surface area (Å²) in [4.78, 5) is 30.9. The number of aryl methyl sites for hydroxylation is 1. The SMILES string of the molecule is CCN1C(=O)/C(=C\c2cccc(OCC(=O)OC)c2)SC1=Nc1ccc(C)cc1. The smallest absolute Gasteiger partial charge is 0.343 e. The molecule has 1 saturated heterocycles. The maximum Gasteiger partial charge on any atom is 0.343 e. The molecule has 0 atom stereocenters. The number of ether oxygens (including phenoxy) is 2. The van der Waals surface area contributed by atoms with Gasteiger partial charge < -0.3 is 9.47 Å². The zero-order valence-corrected chi connectivity index (χ0v) is 17.4. The van der Waals surface area contributed by atoms with Crippen LogP contribution in [0.15, 0.2) is 58.4 Å². The molecule has 1 amide bonds. The molecule has 0 radical (unpaired) electrons. The number of amidine groups is 1. The molecule has 0 aromatic heterocycles. The average molecular weight is 410 g/mol. The summed E-state index contributed by atoms with van der Waals surface area (Å²) in [5, 5.41) is 0.658. The van der Waals surface area contributed by atoms with Gasteiger partial charge in [0.15, 0.2) is 11.8 Å². The molecular weight excluding hydrogens is 388 g/mol. The number of aliphatic imine (C=N–C) groups is 1. The first-order valence-corrected chi connectivity index (χ1v) is 9.98. The van der Waals surface area contributed by atoms with Crippen LogP contribution < -0.4 is 4.74 Å². The minimum absolute atomic E-state index is 0.0794. The van der Waals surface area contributed by atoms with E-state index in [0.717, 1.165) is 16.8 Å². The molecule has 2 aromatic rings. The summed E-state index contributed by atoms with van der Waals surface area (Å²) >= 11 is 1.35. The standard InChI is InChI=1S/C22H22N2O4S/c1-4-24-21(26)19(29-22(24)23-17-10-8-15(2)9-11-17)13-16-6-5-7-18(12-16)28-14-20(25)27-3/h5-13H,4,14H2,1-3H3/b19-13+,23-22?. The molecule has 2 aromatic carbocycles. The van der Waals surface area contributed by atoms with E-state index in [9.17, 15) is 9.59 Å². The first-order valence-electron chi connectivity index (χ1n) is 9.16. The minimum Gasteiger partial charge on any atom is -0.482 e. The number of carbonyl (C=O) groups excluding carboxylic acids is 2. The molecule has 3 rings (SSSR count). The highest BCUT2D eigenvalue weighted by Crippen LogP contribution is 2.34. The topological polar surface area (TPSA) is 68.2 Å². The number of hydrogen-bond acceptors (Lipinski definition) is 6. The third-order valence-corrected chi connectivity index (χ3v) is 5.21. The lowest BCUT2D eigenvalue weighted by Gasteiger charge is -2.12. The Labute approximate surface area is 174 Å². The largest absolute Gasteiger partial charge is 0.482 e. The van der Waals surface area contributed by atoms with Crippen LogP contribution in [-0.4, -0.2) is 42.2 Å². The molecule has 29 heavy (non-hydrogen) atoms. The number of carbonyl (C=O) groups is 2. The third kappa shape index (κ3) is 5.26. The number of likely N-dealkylation sites (N-methyl/N-ethyl adjacent to an activating group) is 1. The number of nitrogens with zero attached hydrogens (tertiary/aromatic N) is 2. The van der Waals surface area contributed by atoms with Crippen LogP contribution in [0, 0.1) is 6.92 Å². The van der Waals surface area contributed by atoms with Crippen molar-refractivity contribution in [1.82, 2.24) is 4.90 Å². The maximum atomic E-state index is 12.8. The zero-order valence-electron chi connectivity index (χ0n) is 16.5. The van der Waals surface area contributed by atoms with Gasteiger partial charge in [0.25, 0.3) is 5.91 Å². The normalized spacial score (nSPS) is 16.5. The van der Waals surface area contributed by atoms with Gasteiger partial charge >= 0.3 is 5.97 Å². The van der Waals surface area contributed by atoms with Crippen molar-refractivity contribution < 1.29 is 19.1 Å². The molecule has 1 aliphatic heterocycles. The van der Waals surface area contributed by atoms with Gasteiger partial charge in [-0.3, -0.25) is 9.69 Å². The first-order chi connectivity index (χ1) is 14.0. The summed E-state index contributed by atoms with van der Waals surface area (Å²) in [5.74, 6) is -0.00355. The van der Waals surface area contributed by atoms with E-state index in [4.69, 9.17) is 4.74 Å². The number of thioether (sulfide) groups is 1. The van der Waals surface area contributed by atoms with Gasteiger partial charge in [0.05, 0.1) is 17.7 Å². The van der Waals surface area contributed by atoms with E-state index in [1.165, 1.54) is 18.9 Å². The summed E-state index contributed by atoms with van der Waals surface area (Å²) in [6, 6.07) is 15.1. The van der Waals surface area contributed by atoms with Crippen molar-refractivity contribution in [3.05, 3.63) is 64.6 Å². The van der Waals surface area contributed by atoms with Crippen LogP contribution in [0.3, 0.4) is 0 Å². The number of amides is 1. The highest BCUT2D eigenvalue weighted by molar-refractivity contribution is 8.18. The Morgan fingerprint density at radius 3 is 2.66 bits per heavy atom. The highest BCUT2D eigenvalue weighted by Gasteiger charge is 2.32. The lowest BCUT2D eigenvalue weighted by Crippen LogP contribution is -2.28. The molecule has 0 saturated carbocycles. The summed E-state index contributed by atoms with van der Waals surface area (Å²) in [6.07, 6.45) is 1.80. The van der Waals surface area contributed by atoms with Crippen LogP contribution in [0.2, 0.25) is 0 Å². The molecule has 1 aliphatic rings. The van der Waals surface area contributed by atoms with Crippen LogP contribution in [-0.2, 0) is 14.3 Å². The van der Waals surface area contributed by atoms with E-state index in [1.807, 2.05) is 50.2 Å². The molecule has 0 N–H and O–H groups in total. The lowest BCUT2D eigenvalue weighted by molar-refractivity contribution is -0.142. The second-order valence-electron chi connectivity index (χ2n) is 6.33. The Bertz CT molecular complexity index is 967. The quantitative estimate of drug-likeness (QED) is 0.528. The summed E-state index contributed by atoms with van der Waals surface area (Å²) in [7, 11) is 1.31. The molecule has 0 bridgehead atoms. The highest BCUT2D eigenvalue weighted by atomic mass is 32.2. The van der Waals surface area contributed by atoms with Crippen LogP contribution in [0.4, 0.5) is 5.69 Å². The molecule has 1 fully saturated rings. The van der Waals surface area contributed by atoms with Crippen LogP contribution in [0.1, 0.15) is 18.1 Å². The third-order valence-electron chi connectivity index (χ3n) is 4.20. The molecule has 0 spiro atoms. The molecule has 1 heterocycles. The van der Waals surface area contributed by atoms with Crippen LogP contribution >= 0.6 is 11.8 Å². The Morgan fingerprint density at radius 1 is 1.21 bits per heavy atom. The number of benzene rings is 2. The molecule has 7 heteroatoms. The van der Waals surface area contributed by atoms with Gasteiger partial charge in [0.1, 0.15) is 5.75 Å². The van der Waals surface area contributed by atoms with Gasteiger partial charge in [-0.1, -0.05) is 29.8 Å². The fourth-order valence-electron chi connectivity index (χ4n) is 2.65. The number of esters is 1. The van der Waals surface area contributed by atoms with Crippen LogP contribution in [0.25, 0.3) is 6.08 Å². The van der Waals surface area contributed by atoms with Crippen molar-refractivity contribution in [2.45, 2.75) is 13.8 Å². The van der Waals surface area contributed by atoms with Crippen molar-refractivity contribution in [1.29, 1.82) is 0 Å². The van der Waals surface area contributed by atoms with E-state index in [1.54, 1.807) is 23.1 Å². The Kier molecular flexibility index (Phi) is 6.72. The second-order valence-corrected chi connectivity index (χ2v) is 7.34. The van der Waals surface area contributed by atoms with Crippen molar-refractivity contribution in [3.63, 3.8) is 0 Å². The Hall–Kier alpha value is -3.06.